The van der Waals surface area contributed by atoms with E-state index in [1.54, 1.807) is 0 Å². The van der Waals surface area contributed by atoms with E-state index in [4.69, 9.17) is 15.0 Å². The summed E-state index contributed by atoms with van der Waals surface area (Å²) in [5.74, 6) is 4.49. The van der Waals surface area contributed by atoms with Gasteiger partial charge in [0, 0.05) is 16.7 Å². The summed E-state index contributed by atoms with van der Waals surface area (Å²) in [5.41, 5.74) is 7.39. The third-order valence-electron chi connectivity index (χ3n) is 10.6. The average Bonchev–Trinajstić information content (AvgIpc) is 3.09. The number of hydrogen-bond donors (Lipinski definition) is 0. The topological polar surface area (TPSA) is 62.5 Å². The van der Waals surface area contributed by atoms with Crippen molar-refractivity contribution in [2.45, 2.75) is 51.4 Å². The fourth-order valence-corrected chi connectivity index (χ4v) is 8.47. The van der Waals surface area contributed by atoms with Crippen LogP contribution in [0.1, 0.15) is 57.1 Å². The molecule has 0 saturated heterocycles. The van der Waals surface area contributed by atoms with Crippen molar-refractivity contribution >= 4 is 10.8 Å². The van der Waals surface area contributed by atoms with E-state index < -0.39 is 0 Å². The smallest absolute Gasteiger partial charge is 0.164 e. The van der Waals surface area contributed by atoms with Gasteiger partial charge in [-0.05, 0) is 94.9 Å². The molecule has 9 rings (SSSR count). The predicted molar refractivity (Wildman–Crippen MR) is 190 cm³/mol. The second-order valence-corrected chi connectivity index (χ2v) is 14.2. The Bertz CT molecular complexity index is 2120. The molecule has 3 saturated carbocycles. The summed E-state index contributed by atoms with van der Waals surface area (Å²) in [6, 6.07) is 42.0. The van der Waals surface area contributed by atoms with Gasteiger partial charge in [0.25, 0.3) is 0 Å². The summed E-state index contributed by atoms with van der Waals surface area (Å²) < 4.78 is 0. The van der Waals surface area contributed by atoms with Gasteiger partial charge in [-0.3, -0.25) is 0 Å². The fourth-order valence-electron chi connectivity index (χ4n) is 8.47. The SMILES string of the molecule is C[C@@H]1CC(C)(c2ccc(-c3ccccc3-c3nc(-c4ccccc4)nc(-c4cccc5cc(C#N)ccc45)n3)cc2)C[C@H]2C[C@H](C1)C2. The van der Waals surface area contributed by atoms with Crippen LogP contribution in [-0.4, -0.2) is 15.0 Å². The van der Waals surface area contributed by atoms with Crippen LogP contribution >= 0.6 is 0 Å². The monoisotopic (exact) mass is 610 g/mol. The van der Waals surface area contributed by atoms with Crippen LogP contribution < -0.4 is 0 Å². The first-order valence-corrected chi connectivity index (χ1v) is 16.9. The van der Waals surface area contributed by atoms with Crippen LogP contribution in [-0.2, 0) is 5.41 Å². The summed E-state index contributed by atoms with van der Waals surface area (Å²) in [6.45, 7) is 4.95. The number of nitriles is 1. The number of fused-ring (bicyclic) bond motifs is 5. The van der Waals surface area contributed by atoms with Crippen molar-refractivity contribution in [1.82, 2.24) is 15.0 Å². The Hall–Kier alpha value is -5.14. The zero-order chi connectivity index (χ0) is 32.0. The van der Waals surface area contributed by atoms with E-state index in [0.29, 0.717) is 23.0 Å². The highest BCUT2D eigenvalue weighted by Gasteiger charge is 2.41. The fraction of sp³-hybridized carbons (Fsp3) is 0.256. The Balaban J connectivity index is 1.22. The number of rotatable bonds is 5. The van der Waals surface area contributed by atoms with Gasteiger partial charge in [-0.15, -0.1) is 0 Å². The van der Waals surface area contributed by atoms with E-state index in [0.717, 1.165) is 56.3 Å². The van der Waals surface area contributed by atoms with Crippen molar-refractivity contribution in [2.75, 3.05) is 0 Å². The number of benzene rings is 5. The van der Waals surface area contributed by atoms with Gasteiger partial charge >= 0.3 is 0 Å². The molecule has 0 amide bonds. The molecule has 3 fully saturated rings. The van der Waals surface area contributed by atoms with E-state index in [9.17, 15) is 5.26 Å². The van der Waals surface area contributed by atoms with E-state index >= 15 is 0 Å². The van der Waals surface area contributed by atoms with Crippen molar-refractivity contribution in [3.05, 3.63) is 126 Å². The molecule has 5 aromatic carbocycles. The molecule has 3 aliphatic carbocycles. The second kappa shape index (κ2) is 11.9. The molecule has 4 heteroatoms. The lowest BCUT2D eigenvalue weighted by molar-refractivity contribution is 0.0834. The van der Waals surface area contributed by atoms with Gasteiger partial charge in [-0.2, -0.15) is 5.26 Å². The maximum atomic E-state index is 9.48. The van der Waals surface area contributed by atoms with Crippen LogP contribution in [0.4, 0.5) is 0 Å². The van der Waals surface area contributed by atoms with Gasteiger partial charge in [0.15, 0.2) is 17.5 Å². The van der Waals surface area contributed by atoms with E-state index in [2.05, 4.69) is 68.4 Å². The molecule has 1 unspecified atom stereocenters. The van der Waals surface area contributed by atoms with Crippen molar-refractivity contribution in [3.63, 3.8) is 0 Å². The van der Waals surface area contributed by atoms with E-state index in [-0.39, 0.29) is 5.41 Å². The van der Waals surface area contributed by atoms with Gasteiger partial charge in [0.05, 0.1) is 11.6 Å². The first-order valence-electron chi connectivity index (χ1n) is 16.9. The van der Waals surface area contributed by atoms with Gasteiger partial charge in [0.2, 0.25) is 0 Å². The Kier molecular flexibility index (Phi) is 7.41. The molecule has 0 aliphatic heterocycles. The second-order valence-electron chi connectivity index (χ2n) is 14.2. The lowest BCUT2D eigenvalue weighted by Gasteiger charge is -2.47. The van der Waals surface area contributed by atoms with Crippen LogP contribution in [0.3, 0.4) is 0 Å². The summed E-state index contributed by atoms with van der Waals surface area (Å²) in [7, 11) is 0. The summed E-state index contributed by atoms with van der Waals surface area (Å²) in [6.07, 6.45) is 6.79. The molecule has 47 heavy (non-hydrogen) atoms. The quantitative estimate of drug-likeness (QED) is 0.195. The minimum absolute atomic E-state index is 0.216. The lowest BCUT2D eigenvalue weighted by Crippen LogP contribution is -2.38. The number of aromatic nitrogens is 3. The van der Waals surface area contributed by atoms with Gasteiger partial charge in [0.1, 0.15) is 0 Å². The normalized spacial score (nSPS) is 22.1. The van der Waals surface area contributed by atoms with Crippen LogP contribution in [0, 0.1) is 29.1 Å². The third kappa shape index (κ3) is 5.61. The zero-order valence-electron chi connectivity index (χ0n) is 27.0. The molecule has 1 heterocycles. The molecular formula is C43H38N4. The standard InChI is InChI=1S/C43H38N4/c1-28-21-30-22-31(23-30)26-43(2,25-28)35-18-16-32(17-19-35)36-12-6-7-13-38(36)41-45-40(33-9-4-3-5-10-33)46-42(47-41)39-14-8-11-34-24-29(27-44)15-20-37(34)39/h3-20,24,28,30-31H,21-23,25-26H2,1-2H3/t28-,30-,31-,43?/m0/s1. The van der Waals surface area contributed by atoms with Crippen molar-refractivity contribution in [1.29, 1.82) is 5.26 Å². The molecule has 2 bridgehead atoms. The Morgan fingerprint density at radius 2 is 1.30 bits per heavy atom. The molecule has 230 valence electrons. The van der Waals surface area contributed by atoms with E-state index in [1.165, 1.54) is 37.7 Å². The summed E-state index contributed by atoms with van der Waals surface area (Å²) >= 11 is 0. The van der Waals surface area contributed by atoms with E-state index in [1.807, 2.05) is 66.7 Å². The number of hydrogen-bond acceptors (Lipinski definition) is 4. The molecule has 0 radical (unpaired) electrons. The first-order chi connectivity index (χ1) is 23.0. The van der Waals surface area contributed by atoms with Gasteiger partial charge < -0.3 is 0 Å². The zero-order valence-corrected chi connectivity index (χ0v) is 27.0. The van der Waals surface area contributed by atoms with Crippen LogP contribution in [0.25, 0.3) is 56.1 Å². The Morgan fingerprint density at radius 1 is 0.617 bits per heavy atom. The molecule has 0 spiro atoms. The van der Waals surface area contributed by atoms with Crippen LogP contribution in [0.2, 0.25) is 0 Å². The largest absolute Gasteiger partial charge is 0.208 e. The molecule has 4 nitrogen and oxygen atoms in total. The predicted octanol–water partition coefficient (Wildman–Crippen LogP) is 10.7. The summed E-state index contributed by atoms with van der Waals surface area (Å²) in [5, 5.41) is 11.5. The number of nitrogens with zero attached hydrogens (tertiary/aromatic N) is 4. The highest BCUT2D eigenvalue weighted by molar-refractivity contribution is 5.96. The van der Waals surface area contributed by atoms with Crippen LogP contribution in [0.5, 0.6) is 0 Å². The summed E-state index contributed by atoms with van der Waals surface area (Å²) in [4.78, 5) is 15.2. The Labute approximate surface area is 277 Å². The third-order valence-corrected chi connectivity index (χ3v) is 10.6. The van der Waals surface area contributed by atoms with Gasteiger partial charge in [-0.1, -0.05) is 117 Å². The highest BCUT2D eigenvalue weighted by atomic mass is 15.0. The maximum Gasteiger partial charge on any atom is 0.164 e. The molecular weight excluding hydrogens is 573 g/mol. The van der Waals surface area contributed by atoms with Crippen LogP contribution in [0.15, 0.2) is 115 Å². The molecule has 1 aromatic heterocycles. The average molecular weight is 611 g/mol. The molecule has 6 aromatic rings. The van der Waals surface area contributed by atoms with Crippen molar-refractivity contribution < 1.29 is 0 Å². The molecule has 2 atom stereocenters. The molecule has 3 aliphatic rings. The Morgan fingerprint density at radius 3 is 2.06 bits per heavy atom. The van der Waals surface area contributed by atoms with Crippen molar-refractivity contribution in [3.8, 4) is 51.4 Å². The maximum absolute atomic E-state index is 9.48. The molecule has 0 N–H and O–H groups in total. The minimum Gasteiger partial charge on any atom is -0.208 e. The highest BCUT2D eigenvalue weighted by Crippen LogP contribution is 2.51. The van der Waals surface area contributed by atoms with Crippen molar-refractivity contribution in [2.24, 2.45) is 17.8 Å². The lowest BCUT2D eigenvalue weighted by atomic mass is 9.58. The first kappa shape index (κ1) is 29.3. The van der Waals surface area contributed by atoms with Gasteiger partial charge in [-0.25, -0.2) is 15.0 Å². The minimum atomic E-state index is 0.216.